The van der Waals surface area contributed by atoms with Gasteiger partial charge in [-0.05, 0) is 26.7 Å². The molecule has 6 heteroatoms. The van der Waals surface area contributed by atoms with Crippen LogP contribution in [0.3, 0.4) is 0 Å². The Morgan fingerprint density at radius 1 is 0.658 bits per heavy atom. The third-order valence-electron chi connectivity index (χ3n) is 8.60. The summed E-state index contributed by atoms with van der Waals surface area (Å²) < 4.78 is 0. The standard InChI is InChI=1S/2C11H18Si.2C5H5.2ClH.2Zr/c2*1-3-12(7-4-8-12)11-6-5-10(2)9-11;2*1-2-4-5-3-1;;;;/h2*5,9H,3-4,6-8H2,1-2H3;2*1-3H,4H2;2*1H;;/q;;2*-1;;;;/p-2. The molecule has 4 aliphatic carbocycles. The average molecular weight is 740 g/mol. The average Bonchev–Trinajstić information content (AvgIpc) is 3.59. The topological polar surface area (TPSA) is 0 Å². The van der Waals surface area contributed by atoms with Crippen LogP contribution < -0.4 is 24.8 Å². The molecule has 0 saturated carbocycles. The van der Waals surface area contributed by atoms with Crippen LogP contribution in [-0.4, -0.2) is 16.1 Å². The predicted octanol–water partition coefficient (Wildman–Crippen LogP) is 3.96. The van der Waals surface area contributed by atoms with Crippen molar-refractivity contribution in [1.82, 2.24) is 0 Å². The maximum absolute atomic E-state index is 2.99. The molecule has 0 aromatic carbocycles. The van der Waals surface area contributed by atoms with E-state index in [-0.39, 0.29) is 77.2 Å². The summed E-state index contributed by atoms with van der Waals surface area (Å²) in [6.45, 7) is 9.28. The van der Waals surface area contributed by atoms with Crippen molar-refractivity contribution < 1.29 is 77.2 Å². The molecular weight excluding hydrogens is 694 g/mol. The van der Waals surface area contributed by atoms with Gasteiger partial charge in [-0.15, -0.1) is 12.8 Å². The zero-order chi connectivity index (χ0) is 24.3. The fraction of sp³-hybridized carbons (Fsp3) is 0.500. The summed E-state index contributed by atoms with van der Waals surface area (Å²) in [5, 5.41) is 3.71. The third kappa shape index (κ3) is 11.9. The Kier molecular flexibility index (Phi) is 23.0. The minimum absolute atomic E-state index is 0. The largest absolute Gasteiger partial charge is 1.00 e. The molecule has 0 spiro atoms. The second-order valence-electron chi connectivity index (χ2n) is 10.6. The molecule has 6 rings (SSSR count). The van der Waals surface area contributed by atoms with Crippen molar-refractivity contribution in [2.45, 2.75) is 102 Å². The zero-order valence-electron chi connectivity index (χ0n) is 24.0. The molecular formula is C32H46Cl2Si2Zr2-4. The summed E-state index contributed by atoms with van der Waals surface area (Å²) in [6, 6.07) is 9.29. The van der Waals surface area contributed by atoms with Gasteiger partial charge in [0.25, 0.3) is 0 Å². The maximum atomic E-state index is 2.99. The van der Waals surface area contributed by atoms with E-state index in [9.17, 15) is 0 Å². The van der Waals surface area contributed by atoms with Gasteiger partial charge in [0.1, 0.15) is 0 Å². The number of allylic oxidation sites excluding steroid dienone is 16. The molecule has 2 saturated heterocycles. The van der Waals surface area contributed by atoms with E-state index >= 15 is 0 Å². The van der Waals surface area contributed by atoms with E-state index in [0.717, 1.165) is 12.8 Å². The number of rotatable bonds is 4. The maximum Gasteiger partial charge on any atom is 0.0816 e. The molecule has 2 heterocycles. The van der Waals surface area contributed by atoms with Crippen LogP contribution in [0.15, 0.2) is 82.3 Å². The van der Waals surface area contributed by atoms with Crippen molar-refractivity contribution in [2.75, 3.05) is 0 Å². The second kappa shape index (κ2) is 21.4. The normalized spacial score (nSPS) is 21.2. The quantitative estimate of drug-likeness (QED) is 0.303. The molecule has 0 bridgehead atoms. The molecule has 6 aliphatic rings. The van der Waals surface area contributed by atoms with Crippen LogP contribution in [0.2, 0.25) is 36.3 Å². The number of hydrogen-bond acceptors (Lipinski definition) is 0. The van der Waals surface area contributed by atoms with E-state index in [2.05, 4.69) is 76.3 Å². The first-order valence-electron chi connectivity index (χ1n) is 13.7. The van der Waals surface area contributed by atoms with Gasteiger partial charge in [-0.2, -0.15) is 12.2 Å². The van der Waals surface area contributed by atoms with Crippen molar-refractivity contribution in [3.63, 3.8) is 0 Å². The van der Waals surface area contributed by atoms with E-state index in [1.54, 1.807) is 24.2 Å². The molecule has 0 aromatic heterocycles. The van der Waals surface area contributed by atoms with Gasteiger partial charge in [-0.3, -0.25) is 12.2 Å². The van der Waals surface area contributed by atoms with Gasteiger partial charge in [-0.25, -0.2) is 24.3 Å². The second-order valence-corrected chi connectivity index (χ2v) is 20.4. The summed E-state index contributed by atoms with van der Waals surface area (Å²) in [6.07, 6.45) is 35.4. The summed E-state index contributed by atoms with van der Waals surface area (Å²) in [5.74, 6) is 0. The van der Waals surface area contributed by atoms with Gasteiger partial charge in [0, 0.05) is 52.4 Å². The van der Waals surface area contributed by atoms with E-state index in [1.165, 1.54) is 48.9 Å². The number of hydrogen-bond donors (Lipinski definition) is 0. The summed E-state index contributed by atoms with van der Waals surface area (Å²) in [4.78, 5) is 0. The Hall–Kier alpha value is 0.700. The van der Waals surface area contributed by atoms with Crippen LogP contribution in [0, 0.1) is 12.2 Å². The van der Waals surface area contributed by atoms with Gasteiger partial charge in [0.15, 0.2) is 0 Å². The van der Waals surface area contributed by atoms with E-state index < -0.39 is 16.1 Å². The first-order chi connectivity index (χ1) is 16.5. The fourth-order valence-electron chi connectivity index (χ4n) is 5.76. The molecule has 0 atom stereocenters. The summed E-state index contributed by atoms with van der Waals surface area (Å²) >= 11 is 0. The zero-order valence-corrected chi connectivity index (χ0v) is 32.4. The summed E-state index contributed by atoms with van der Waals surface area (Å²) in [5.41, 5.74) is 3.02. The van der Waals surface area contributed by atoms with E-state index in [0.29, 0.717) is 0 Å². The van der Waals surface area contributed by atoms with Crippen molar-refractivity contribution >= 4 is 16.1 Å². The van der Waals surface area contributed by atoms with Crippen LogP contribution in [0.25, 0.3) is 0 Å². The molecule has 0 N–H and O–H groups in total. The molecule has 0 amide bonds. The van der Waals surface area contributed by atoms with Crippen LogP contribution in [0.1, 0.15) is 66.2 Å². The van der Waals surface area contributed by atoms with Crippen molar-refractivity contribution in [2.24, 2.45) is 0 Å². The molecule has 0 nitrogen and oxygen atoms in total. The van der Waals surface area contributed by atoms with Crippen LogP contribution in [0.5, 0.6) is 0 Å². The monoisotopic (exact) mass is 736 g/mol. The summed E-state index contributed by atoms with van der Waals surface area (Å²) in [7, 11) is -1.63. The Balaban J connectivity index is 0. The predicted molar refractivity (Wildman–Crippen MR) is 157 cm³/mol. The molecule has 38 heavy (non-hydrogen) atoms. The smallest absolute Gasteiger partial charge is 0.0816 e. The van der Waals surface area contributed by atoms with Crippen LogP contribution in [0.4, 0.5) is 0 Å². The Morgan fingerprint density at radius 3 is 1.16 bits per heavy atom. The Labute approximate surface area is 287 Å². The Bertz CT molecular complexity index is 824. The van der Waals surface area contributed by atoms with E-state index in [1.807, 2.05) is 34.7 Å². The third-order valence-corrected chi connectivity index (χ3v) is 20.0. The minimum atomic E-state index is -0.816. The first kappa shape index (κ1) is 40.8. The van der Waals surface area contributed by atoms with Gasteiger partial charge in [0.05, 0.1) is 16.1 Å². The van der Waals surface area contributed by atoms with Gasteiger partial charge in [-0.1, -0.05) is 109 Å². The number of halogens is 2. The van der Waals surface area contributed by atoms with Crippen molar-refractivity contribution in [1.29, 1.82) is 0 Å². The molecule has 2 aliphatic heterocycles. The van der Waals surface area contributed by atoms with Crippen molar-refractivity contribution in [3.05, 3.63) is 94.5 Å². The van der Waals surface area contributed by atoms with Gasteiger partial charge >= 0.3 is 0 Å². The molecule has 208 valence electrons. The van der Waals surface area contributed by atoms with E-state index in [4.69, 9.17) is 0 Å². The van der Waals surface area contributed by atoms with Gasteiger partial charge in [0.2, 0.25) is 0 Å². The Morgan fingerprint density at radius 2 is 1.03 bits per heavy atom. The minimum Gasteiger partial charge on any atom is -1.00 e. The first-order valence-corrected chi connectivity index (χ1v) is 19.0. The fourth-order valence-corrected chi connectivity index (χ4v) is 13.9. The van der Waals surface area contributed by atoms with Gasteiger partial charge < -0.3 is 24.8 Å². The van der Waals surface area contributed by atoms with Crippen LogP contribution in [-0.2, 0) is 52.4 Å². The molecule has 2 fully saturated rings. The molecule has 0 unspecified atom stereocenters. The van der Waals surface area contributed by atoms with Crippen molar-refractivity contribution in [3.8, 4) is 0 Å². The van der Waals surface area contributed by atoms with Crippen LogP contribution >= 0.6 is 0 Å². The molecule has 0 aromatic rings. The molecule has 0 radical (unpaired) electrons. The SMILES string of the molecule is CC[Si]1(C2=CC(C)=CC2)CCC1.CC[Si]1(C2=CC(C)=CC2)CCC1.[C-]1=CC=CC1.[C-]1=CC=CC1.[Cl-].[Cl-].[Zr].[Zr].